The molecule has 0 spiro atoms. The van der Waals surface area contributed by atoms with E-state index in [1.54, 1.807) is 23.0 Å². The van der Waals surface area contributed by atoms with Gasteiger partial charge in [0.1, 0.15) is 17.0 Å². The average molecular weight is 505 g/mol. The summed E-state index contributed by atoms with van der Waals surface area (Å²) in [6.07, 6.45) is 0.191. The van der Waals surface area contributed by atoms with Gasteiger partial charge in [-0.3, -0.25) is 9.47 Å². The van der Waals surface area contributed by atoms with Crippen LogP contribution in [-0.4, -0.2) is 54.2 Å². The summed E-state index contributed by atoms with van der Waals surface area (Å²) in [7, 11) is 1.72. The summed E-state index contributed by atoms with van der Waals surface area (Å²) in [6, 6.07) is 9.40. The first-order chi connectivity index (χ1) is 17.2. The number of imidazole rings is 1. The summed E-state index contributed by atoms with van der Waals surface area (Å²) in [5.41, 5.74) is 3.45. The summed E-state index contributed by atoms with van der Waals surface area (Å²) in [5, 5.41) is 10.4. The van der Waals surface area contributed by atoms with Gasteiger partial charge in [0.2, 0.25) is 0 Å². The highest BCUT2D eigenvalue weighted by molar-refractivity contribution is 7.18. The zero-order chi connectivity index (χ0) is 25.7. The van der Waals surface area contributed by atoms with Crippen molar-refractivity contribution in [2.75, 3.05) is 18.0 Å². The van der Waals surface area contributed by atoms with Crippen LogP contribution in [0.4, 0.5) is 5.82 Å². The molecule has 4 aromatic rings. The topological polar surface area (TPSA) is 95.9 Å². The van der Waals surface area contributed by atoms with Crippen LogP contribution in [0.5, 0.6) is 0 Å². The molecule has 1 saturated heterocycles. The summed E-state index contributed by atoms with van der Waals surface area (Å²) in [6.45, 7) is 12.9. The lowest BCUT2D eigenvalue weighted by Gasteiger charge is -2.47. The first-order valence-corrected chi connectivity index (χ1v) is 13.3. The number of piperazine rings is 1. The summed E-state index contributed by atoms with van der Waals surface area (Å²) in [4.78, 5) is 31.5. The number of nitrogens with zero attached hydrogens (tertiary/aromatic N) is 8. The van der Waals surface area contributed by atoms with E-state index in [4.69, 9.17) is 4.98 Å². The highest BCUT2D eigenvalue weighted by atomic mass is 32.1. The predicted molar refractivity (Wildman–Crippen MR) is 144 cm³/mol. The third-order valence-electron chi connectivity index (χ3n) is 7.40. The van der Waals surface area contributed by atoms with Crippen LogP contribution < -0.4 is 10.6 Å². The Morgan fingerprint density at radius 3 is 2.69 bits per heavy atom. The summed E-state index contributed by atoms with van der Waals surface area (Å²) < 4.78 is 4.72. The lowest BCUT2D eigenvalue weighted by Crippen LogP contribution is -2.57. The molecule has 10 heteroatoms. The molecule has 9 nitrogen and oxygen atoms in total. The molecule has 3 aromatic heterocycles. The zero-order valence-corrected chi connectivity index (χ0v) is 22.5. The third-order valence-corrected chi connectivity index (χ3v) is 8.33. The van der Waals surface area contributed by atoms with E-state index in [0.29, 0.717) is 23.7 Å². The van der Waals surface area contributed by atoms with E-state index in [-0.39, 0.29) is 30.2 Å². The van der Waals surface area contributed by atoms with E-state index in [2.05, 4.69) is 64.8 Å². The molecule has 0 saturated carbocycles. The standard InChI is InChI=1S/C26H32N8OS/c1-7-32-22(10-11-27)29-23-24(30-26(35)31(6)25(23)32)34-14-15(2)33(13-16(34)3)17(4)19-8-9-20-21(12-19)36-18(5)28-20/h8-9,12,15-17H,7,10,13-14H2,1-6H3/t15-,16+,17?/m1/s1. The molecule has 1 aliphatic rings. The van der Waals surface area contributed by atoms with E-state index in [0.717, 1.165) is 29.3 Å². The van der Waals surface area contributed by atoms with E-state index in [1.807, 2.05) is 18.4 Å². The SMILES string of the molecule is CCn1c(CC#N)nc2c(N3C[C@@H](C)N(C(C)c4ccc5nc(C)sc5c4)C[C@@H]3C)nc(=O)n(C)c21. The Morgan fingerprint density at radius 1 is 1.19 bits per heavy atom. The van der Waals surface area contributed by atoms with Crippen molar-refractivity contribution in [1.82, 2.24) is 29.0 Å². The molecule has 0 N–H and O–H groups in total. The van der Waals surface area contributed by atoms with Gasteiger partial charge in [0.25, 0.3) is 0 Å². The first-order valence-electron chi connectivity index (χ1n) is 12.5. The Balaban J connectivity index is 1.49. The Bertz CT molecular complexity index is 1540. The second-order valence-electron chi connectivity index (χ2n) is 9.74. The smallest absolute Gasteiger partial charge is 0.349 e. The van der Waals surface area contributed by atoms with Gasteiger partial charge >= 0.3 is 5.69 Å². The fraction of sp³-hybridized carbons (Fsp3) is 0.500. The highest BCUT2D eigenvalue weighted by Gasteiger charge is 2.35. The maximum absolute atomic E-state index is 12.9. The Hall–Kier alpha value is -3.29. The summed E-state index contributed by atoms with van der Waals surface area (Å²) >= 11 is 1.73. The quantitative estimate of drug-likeness (QED) is 0.408. The maximum atomic E-state index is 12.9. The van der Waals surface area contributed by atoms with Gasteiger partial charge < -0.3 is 9.47 Å². The molecular weight excluding hydrogens is 472 g/mol. The molecule has 5 rings (SSSR count). The Morgan fingerprint density at radius 2 is 1.97 bits per heavy atom. The molecule has 1 aliphatic heterocycles. The predicted octanol–water partition coefficient (Wildman–Crippen LogP) is 3.79. The van der Waals surface area contributed by atoms with Gasteiger partial charge in [-0.05, 0) is 52.3 Å². The molecule has 4 heterocycles. The van der Waals surface area contributed by atoms with E-state index in [1.165, 1.54) is 10.3 Å². The van der Waals surface area contributed by atoms with Crippen LogP contribution in [-0.2, 0) is 20.0 Å². The van der Waals surface area contributed by atoms with Crippen LogP contribution in [0.1, 0.15) is 50.1 Å². The van der Waals surface area contributed by atoms with Crippen molar-refractivity contribution in [3.8, 4) is 6.07 Å². The molecule has 36 heavy (non-hydrogen) atoms. The number of nitriles is 1. The fourth-order valence-electron chi connectivity index (χ4n) is 5.52. The van der Waals surface area contributed by atoms with Crippen LogP contribution >= 0.6 is 11.3 Å². The van der Waals surface area contributed by atoms with Crippen molar-refractivity contribution in [1.29, 1.82) is 5.26 Å². The van der Waals surface area contributed by atoms with Crippen molar-refractivity contribution < 1.29 is 0 Å². The zero-order valence-electron chi connectivity index (χ0n) is 21.7. The minimum Gasteiger partial charge on any atom is -0.349 e. The molecule has 188 valence electrons. The number of thiazole rings is 1. The van der Waals surface area contributed by atoms with Crippen LogP contribution in [0.3, 0.4) is 0 Å². The molecule has 1 unspecified atom stereocenters. The van der Waals surface area contributed by atoms with Gasteiger partial charge in [-0.25, -0.2) is 14.8 Å². The van der Waals surface area contributed by atoms with Gasteiger partial charge in [0, 0.05) is 44.8 Å². The number of hydrogen-bond acceptors (Lipinski definition) is 8. The van der Waals surface area contributed by atoms with E-state index < -0.39 is 0 Å². The first kappa shape index (κ1) is 24.4. The second kappa shape index (κ2) is 9.30. The minimum atomic E-state index is -0.306. The number of hydrogen-bond donors (Lipinski definition) is 0. The number of aromatic nitrogens is 5. The van der Waals surface area contributed by atoms with Gasteiger partial charge in [0.15, 0.2) is 5.82 Å². The fourth-order valence-corrected chi connectivity index (χ4v) is 6.40. The lowest BCUT2D eigenvalue weighted by molar-refractivity contribution is 0.119. The van der Waals surface area contributed by atoms with Gasteiger partial charge in [-0.2, -0.15) is 10.2 Å². The Kier molecular flexibility index (Phi) is 6.30. The molecule has 0 bridgehead atoms. The second-order valence-corrected chi connectivity index (χ2v) is 11.0. The molecule has 0 aliphatic carbocycles. The van der Waals surface area contributed by atoms with Gasteiger partial charge in [0.05, 0.1) is 27.7 Å². The molecule has 0 amide bonds. The minimum absolute atomic E-state index is 0.132. The monoisotopic (exact) mass is 504 g/mol. The Labute approximate surface area is 214 Å². The molecule has 0 radical (unpaired) electrons. The maximum Gasteiger partial charge on any atom is 0.350 e. The molecule has 1 aromatic carbocycles. The van der Waals surface area contributed by atoms with Crippen molar-refractivity contribution >= 4 is 38.5 Å². The normalized spacial score (nSPS) is 19.8. The van der Waals surface area contributed by atoms with Gasteiger partial charge in [-0.15, -0.1) is 11.3 Å². The van der Waals surface area contributed by atoms with Crippen molar-refractivity contribution in [3.05, 3.63) is 45.1 Å². The van der Waals surface area contributed by atoms with E-state index in [9.17, 15) is 10.1 Å². The lowest BCUT2D eigenvalue weighted by atomic mass is 10.0. The van der Waals surface area contributed by atoms with Crippen LogP contribution in [0.15, 0.2) is 23.0 Å². The van der Waals surface area contributed by atoms with Crippen LogP contribution in [0.2, 0.25) is 0 Å². The van der Waals surface area contributed by atoms with Crippen LogP contribution in [0, 0.1) is 18.3 Å². The van der Waals surface area contributed by atoms with Crippen molar-refractivity contribution in [3.63, 3.8) is 0 Å². The largest absolute Gasteiger partial charge is 0.350 e. The number of fused-ring (bicyclic) bond motifs is 2. The number of anilines is 1. The highest BCUT2D eigenvalue weighted by Crippen LogP contribution is 2.33. The summed E-state index contributed by atoms with van der Waals surface area (Å²) in [5.74, 6) is 1.29. The van der Waals surface area contributed by atoms with Crippen LogP contribution in [0.25, 0.3) is 21.4 Å². The number of rotatable bonds is 5. The third kappa shape index (κ3) is 3.96. The van der Waals surface area contributed by atoms with Crippen molar-refractivity contribution in [2.24, 2.45) is 7.05 Å². The number of aryl methyl sites for hydroxylation is 3. The van der Waals surface area contributed by atoms with E-state index >= 15 is 0 Å². The van der Waals surface area contributed by atoms with Crippen molar-refractivity contribution in [2.45, 2.75) is 65.7 Å². The average Bonchev–Trinajstić information content (AvgIpc) is 3.41. The molecule has 1 fully saturated rings. The molecular formula is C26H32N8OS. The molecule has 3 atom stereocenters. The number of benzene rings is 1. The van der Waals surface area contributed by atoms with Gasteiger partial charge in [-0.1, -0.05) is 6.07 Å².